The van der Waals surface area contributed by atoms with E-state index in [4.69, 9.17) is 0 Å². The molecule has 2 N–H and O–H groups in total. The van der Waals surface area contributed by atoms with Crippen molar-refractivity contribution in [2.45, 2.75) is 6.92 Å². The Morgan fingerprint density at radius 1 is 1.38 bits per heavy atom. The van der Waals surface area contributed by atoms with Crippen LogP contribution in [0.3, 0.4) is 0 Å². The summed E-state index contributed by atoms with van der Waals surface area (Å²) in [6.07, 6.45) is 1.18. The maximum absolute atomic E-state index is 13.3. The molecular weight excluding hydrogens is 178 g/mol. The van der Waals surface area contributed by atoms with Gasteiger partial charge in [0.05, 0.1) is 11.6 Å². The van der Waals surface area contributed by atoms with E-state index in [-0.39, 0.29) is 16.5 Å². The molecule has 0 bridgehead atoms. The minimum absolute atomic E-state index is 0.0244. The predicted octanol–water partition coefficient (Wildman–Crippen LogP) is 1.86. The second-order valence-corrected chi connectivity index (χ2v) is 2.76. The van der Waals surface area contributed by atoms with Crippen molar-refractivity contribution in [2.24, 2.45) is 0 Å². The van der Waals surface area contributed by atoms with E-state index < -0.39 is 17.4 Å². The maximum Gasteiger partial charge on any atom is 0.171 e. The van der Waals surface area contributed by atoms with Gasteiger partial charge in [-0.3, -0.25) is 5.10 Å². The van der Waals surface area contributed by atoms with Gasteiger partial charge in [-0.1, -0.05) is 0 Å². The average Bonchev–Trinajstić information content (AvgIpc) is 2.59. The Balaban J connectivity index is 3.02. The quantitative estimate of drug-likeness (QED) is 0.656. The molecule has 0 amide bonds. The van der Waals surface area contributed by atoms with Crippen molar-refractivity contribution in [3.05, 3.63) is 23.4 Å². The van der Waals surface area contributed by atoms with Gasteiger partial charge >= 0.3 is 0 Å². The Labute approximate surface area is 72.0 Å². The highest BCUT2D eigenvalue weighted by atomic mass is 19.1. The molecule has 1 heterocycles. The molecule has 0 saturated heterocycles. The van der Waals surface area contributed by atoms with Crippen LogP contribution in [0.25, 0.3) is 10.9 Å². The summed E-state index contributed by atoms with van der Waals surface area (Å²) in [5.74, 6) is -2.23. The number of aromatic amines is 1. The lowest BCUT2D eigenvalue weighted by molar-refractivity contribution is 0.432. The molecule has 0 fully saturated rings. The normalized spacial score (nSPS) is 11.0. The van der Waals surface area contributed by atoms with Gasteiger partial charge in [-0.2, -0.15) is 5.10 Å². The van der Waals surface area contributed by atoms with Gasteiger partial charge in [0.1, 0.15) is 5.52 Å². The second kappa shape index (κ2) is 2.42. The van der Waals surface area contributed by atoms with Crippen molar-refractivity contribution < 1.29 is 13.9 Å². The summed E-state index contributed by atoms with van der Waals surface area (Å²) in [6.45, 7) is 1.25. The molecule has 0 saturated carbocycles. The van der Waals surface area contributed by atoms with Crippen LogP contribution in [0.4, 0.5) is 8.78 Å². The zero-order valence-electron chi connectivity index (χ0n) is 6.73. The zero-order valence-corrected chi connectivity index (χ0v) is 6.73. The molecule has 0 radical (unpaired) electrons. The third-order valence-corrected chi connectivity index (χ3v) is 1.98. The van der Waals surface area contributed by atoms with Crippen LogP contribution in [-0.4, -0.2) is 15.3 Å². The number of fused-ring (bicyclic) bond motifs is 1. The number of rotatable bonds is 0. The van der Waals surface area contributed by atoms with E-state index in [9.17, 15) is 13.9 Å². The first-order valence-corrected chi connectivity index (χ1v) is 3.62. The Bertz CT molecular complexity index is 436. The van der Waals surface area contributed by atoms with Crippen molar-refractivity contribution in [2.75, 3.05) is 0 Å². The molecule has 5 heteroatoms. The number of aromatic nitrogens is 2. The van der Waals surface area contributed by atoms with Crippen LogP contribution in [0.1, 0.15) is 5.56 Å². The Hall–Kier alpha value is -1.65. The highest BCUT2D eigenvalue weighted by Gasteiger charge is 2.17. The van der Waals surface area contributed by atoms with Crippen LogP contribution in [-0.2, 0) is 0 Å². The van der Waals surface area contributed by atoms with E-state index in [1.165, 1.54) is 13.1 Å². The third-order valence-electron chi connectivity index (χ3n) is 1.98. The van der Waals surface area contributed by atoms with Gasteiger partial charge in [0.15, 0.2) is 17.4 Å². The molecule has 3 nitrogen and oxygen atoms in total. The summed E-state index contributed by atoms with van der Waals surface area (Å²) in [4.78, 5) is 0. The number of phenols is 1. The van der Waals surface area contributed by atoms with Crippen LogP contribution in [0.15, 0.2) is 6.20 Å². The van der Waals surface area contributed by atoms with Gasteiger partial charge < -0.3 is 5.11 Å². The first-order chi connectivity index (χ1) is 6.13. The lowest BCUT2D eigenvalue weighted by Gasteiger charge is -2.02. The van der Waals surface area contributed by atoms with Crippen LogP contribution in [0.5, 0.6) is 5.75 Å². The molecule has 68 valence electrons. The smallest absolute Gasteiger partial charge is 0.171 e. The second-order valence-electron chi connectivity index (χ2n) is 2.76. The summed E-state index contributed by atoms with van der Waals surface area (Å²) in [5.41, 5.74) is -0.189. The molecule has 2 aromatic rings. The average molecular weight is 184 g/mol. The van der Waals surface area contributed by atoms with E-state index in [0.717, 1.165) is 0 Å². The molecule has 0 atom stereocenters. The van der Waals surface area contributed by atoms with Crippen LogP contribution >= 0.6 is 0 Å². The number of benzene rings is 1. The summed E-state index contributed by atoms with van der Waals surface area (Å²) >= 11 is 0. The van der Waals surface area contributed by atoms with Gasteiger partial charge in [0, 0.05) is 5.56 Å². The molecule has 1 aromatic carbocycles. The van der Waals surface area contributed by atoms with Gasteiger partial charge in [-0.15, -0.1) is 0 Å². The highest BCUT2D eigenvalue weighted by Crippen LogP contribution is 2.31. The maximum atomic E-state index is 13.3. The first kappa shape index (κ1) is 7.97. The van der Waals surface area contributed by atoms with Crippen molar-refractivity contribution >= 4 is 10.9 Å². The lowest BCUT2D eigenvalue weighted by atomic mass is 10.1. The molecular formula is C8H6F2N2O. The van der Waals surface area contributed by atoms with Crippen LogP contribution in [0, 0.1) is 18.6 Å². The fraction of sp³-hybridized carbons (Fsp3) is 0.125. The third kappa shape index (κ3) is 0.898. The molecule has 2 rings (SSSR count). The summed E-state index contributed by atoms with van der Waals surface area (Å²) < 4.78 is 26.3. The number of hydrogen-bond acceptors (Lipinski definition) is 2. The molecule has 0 aliphatic rings. The van der Waals surface area contributed by atoms with Gasteiger partial charge in [-0.05, 0) is 6.92 Å². The van der Waals surface area contributed by atoms with Crippen LogP contribution in [0.2, 0.25) is 0 Å². The van der Waals surface area contributed by atoms with E-state index >= 15 is 0 Å². The predicted molar refractivity (Wildman–Crippen MR) is 42.4 cm³/mol. The van der Waals surface area contributed by atoms with Crippen molar-refractivity contribution in [3.63, 3.8) is 0 Å². The van der Waals surface area contributed by atoms with E-state index in [2.05, 4.69) is 10.2 Å². The minimum Gasteiger partial charge on any atom is -0.504 e. The number of phenolic OH excluding ortho intramolecular Hbond substituents is 1. The molecule has 0 aliphatic carbocycles. The van der Waals surface area contributed by atoms with E-state index in [0.29, 0.717) is 0 Å². The first-order valence-electron chi connectivity index (χ1n) is 3.62. The van der Waals surface area contributed by atoms with Crippen LogP contribution < -0.4 is 0 Å². The van der Waals surface area contributed by atoms with Gasteiger partial charge in [-0.25, -0.2) is 8.78 Å². The number of nitrogens with one attached hydrogen (secondary N) is 1. The number of H-pyrrole nitrogens is 1. The zero-order chi connectivity index (χ0) is 9.59. The SMILES string of the molecule is Cc1c(F)c(O)c2cn[nH]c2c1F. The van der Waals surface area contributed by atoms with E-state index in [1.807, 2.05) is 0 Å². The summed E-state index contributed by atoms with van der Waals surface area (Å²) in [6, 6.07) is 0. The largest absolute Gasteiger partial charge is 0.504 e. The fourth-order valence-corrected chi connectivity index (χ4v) is 1.21. The monoisotopic (exact) mass is 184 g/mol. The Morgan fingerprint density at radius 2 is 2.08 bits per heavy atom. The molecule has 0 unspecified atom stereocenters. The highest BCUT2D eigenvalue weighted by molar-refractivity contribution is 5.85. The van der Waals surface area contributed by atoms with Crippen molar-refractivity contribution in [3.8, 4) is 5.75 Å². The lowest BCUT2D eigenvalue weighted by Crippen LogP contribution is -1.91. The Morgan fingerprint density at radius 3 is 2.77 bits per heavy atom. The molecule has 0 spiro atoms. The summed E-state index contributed by atoms with van der Waals surface area (Å²) in [5, 5.41) is 15.2. The number of hydrogen-bond donors (Lipinski definition) is 2. The number of aromatic hydroxyl groups is 1. The topological polar surface area (TPSA) is 48.9 Å². The van der Waals surface area contributed by atoms with Crippen molar-refractivity contribution in [1.29, 1.82) is 0 Å². The van der Waals surface area contributed by atoms with E-state index in [1.54, 1.807) is 0 Å². The molecule has 0 aliphatic heterocycles. The van der Waals surface area contributed by atoms with Gasteiger partial charge in [0.25, 0.3) is 0 Å². The number of nitrogens with zero attached hydrogens (tertiary/aromatic N) is 1. The fourth-order valence-electron chi connectivity index (χ4n) is 1.21. The summed E-state index contributed by atoms with van der Waals surface area (Å²) in [7, 11) is 0. The number of halogens is 2. The minimum atomic E-state index is -0.939. The standard InChI is InChI=1S/C8H6F2N2O/c1-3-5(9)7-4(2-11-12-7)8(13)6(3)10/h2,13H,1H3,(H,11,12). The Kier molecular flexibility index (Phi) is 1.48. The molecule has 1 aromatic heterocycles. The van der Waals surface area contributed by atoms with Crippen molar-refractivity contribution in [1.82, 2.24) is 10.2 Å². The van der Waals surface area contributed by atoms with Gasteiger partial charge in [0.2, 0.25) is 0 Å². The molecule has 13 heavy (non-hydrogen) atoms.